The topological polar surface area (TPSA) is 65.2 Å². The number of hydrogen-bond acceptors (Lipinski definition) is 3. The van der Waals surface area contributed by atoms with E-state index in [1.807, 2.05) is 26.4 Å². The summed E-state index contributed by atoms with van der Waals surface area (Å²) in [6, 6.07) is 5.30. The molecule has 0 saturated carbocycles. The average Bonchev–Trinajstić information content (AvgIpc) is 2.75. The molecule has 0 fully saturated rings. The van der Waals surface area contributed by atoms with Gasteiger partial charge in [-0.1, -0.05) is 6.07 Å². The number of nitrogens with one attached hydrogen (secondary N) is 2. The maximum atomic E-state index is 11.9. The SMILES string of the molecule is [2H]C([2H])([2H])NS(=O)(=O)Cc1ccc2[nH]cc(CCN(C)C)c2c1. The van der Waals surface area contributed by atoms with Crippen LogP contribution >= 0.6 is 0 Å². The third kappa shape index (κ3) is 3.59. The summed E-state index contributed by atoms with van der Waals surface area (Å²) in [7, 11) is 0.0732. The summed E-state index contributed by atoms with van der Waals surface area (Å²) in [4.78, 5) is 5.24. The molecule has 1 aromatic carbocycles. The van der Waals surface area contributed by atoms with Crippen molar-refractivity contribution in [1.29, 1.82) is 0 Å². The van der Waals surface area contributed by atoms with Crippen molar-refractivity contribution >= 4 is 20.9 Å². The zero-order chi connectivity index (χ0) is 17.3. The van der Waals surface area contributed by atoms with Crippen LogP contribution in [0.5, 0.6) is 0 Å². The monoisotopic (exact) mass is 298 g/mol. The molecule has 0 saturated heterocycles. The Morgan fingerprint density at radius 2 is 2.20 bits per heavy atom. The lowest BCUT2D eigenvalue weighted by molar-refractivity contribution is 0.414. The molecular formula is C14H21N3O2S. The minimum absolute atomic E-state index is 0.361. The van der Waals surface area contributed by atoms with Crippen molar-refractivity contribution in [2.45, 2.75) is 12.2 Å². The third-order valence-electron chi connectivity index (χ3n) is 3.17. The van der Waals surface area contributed by atoms with Gasteiger partial charge in [0.1, 0.15) is 0 Å². The highest BCUT2D eigenvalue weighted by Crippen LogP contribution is 2.21. The molecule has 0 bridgehead atoms. The van der Waals surface area contributed by atoms with Gasteiger partial charge in [0.05, 0.1) is 5.75 Å². The predicted molar refractivity (Wildman–Crippen MR) is 82.2 cm³/mol. The van der Waals surface area contributed by atoms with E-state index in [-0.39, 0.29) is 5.75 Å². The Bertz CT molecular complexity index is 782. The van der Waals surface area contributed by atoms with Gasteiger partial charge in [0.15, 0.2) is 0 Å². The van der Waals surface area contributed by atoms with Crippen molar-refractivity contribution in [3.05, 3.63) is 35.5 Å². The number of nitrogens with zero attached hydrogens (tertiary/aromatic N) is 1. The summed E-state index contributed by atoms with van der Waals surface area (Å²) in [5.74, 6) is -0.361. The second-order valence-corrected chi connectivity index (χ2v) is 6.83. The zero-order valence-corrected chi connectivity index (χ0v) is 12.4. The highest BCUT2D eigenvalue weighted by atomic mass is 32.2. The molecule has 1 heterocycles. The van der Waals surface area contributed by atoms with Crippen molar-refractivity contribution in [2.24, 2.45) is 0 Å². The van der Waals surface area contributed by atoms with E-state index >= 15 is 0 Å². The molecule has 110 valence electrons. The van der Waals surface area contributed by atoms with Crippen LogP contribution in [-0.2, 0) is 22.2 Å². The van der Waals surface area contributed by atoms with E-state index in [0.717, 1.165) is 29.4 Å². The van der Waals surface area contributed by atoms with Gasteiger partial charge < -0.3 is 9.88 Å². The van der Waals surface area contributed by atoms with E-state index in [1.165, 1.54) is 0 Å². The number of hydrogen-bond donors (Lipinski definition) is 2. The highest BCUT2D eigenvalue weighted by molar-refractivity contribution is 7.88. The van der Waals surface area contributed by atoms with Crippen molar-refractivity contribution in [2.75, 3.05) is 27.6 Å². The number of aromatic amines is 1. The van der Waals surface area contributed by atoms with E-state index in [4.69, 9.17) is 4.11 Å². The Kier molecular flexibility index (Phi) is 3.36. The maximum absolute atomic E-state index is 11.9. The molecular weight excluding hydrogens is 274 g/mol. The molecule has 0 atom stereocenters. The number of benzene rings is 1. The lowest BCUT2D eigenvalue weighted by atomic mass is 10.1. The Morgan fingerprint density at radius 3 is 2.90 bits per heavy atom. The molecule has 0 aliphatic heterocycles. The standard InChI is InChI=1S/C14H21N3O2S/c1-15-20(18,19)10-11-4-5-14-13(8-11)12(9-16-14)6-7-17(2)3/h4-5,8-9,15-16H,6-7,10H2,1-3H3/i1D3. The number of likely N-dealkylation sites (N-methyl/N-ethyl adjacent to an activating group) is 1. The number of sulfonamides is 1. The number of H-pyrrole nitrogens is 1. The second kappa shape index (κ2) is 5.95. The van der Waals surface area contributed by atoms with Gasteiger partial charge in [-0.05, 0) is 50.8 Å². The minimum atomic E-state index is -3.91. The fourth-order valence-electron chi connectivity index (χ4n) is 2.12. The van der Waals surface area contributed by atoms with Gasteiger partial charge in [-0.2, -0.15) is 0 Å². The van der Waals surface area contributed by atoms with Gasteiger partial charge in [-0.25, -0.2) is 13.1 Å². The van der Waals surface area contributed by atoms with E-state index in [1.54, 1.807) is 16.9 Å². The molecule has 1 aromatic heterocycles. The zero-order valence-electron chi connectivity index (χ0n) is 14.6. The molecule has 0 unspecified atom stereocenters. The summed E-state index contributed by atoms with van der Waals surface area (Å²) in [5.41, 5.74) is 2.60. The van der Waals surface area contributed by atoms with Crippen LogP contribution in [0.25, 0.3) is 10.9 Å². The lowest BCUT2D eigenvalue weighted by Crippen LogP contribution is -2.20. The molecule has 0 spiro atoms. The number of rotatable bonds is 6. The number of aromatic nitrogens is 1. The smallest absolute Gasteiger partial charge is 0.215 e. The predicted octanol–water partition coefficient (Wildman–Crippen LogP) is 1.32. The van der Waals surface area contributed by atoms with Crippen LogP contribution < -0.4 is 4.72 Å². The van der Waals surface area contributed by atoms with Gasteiger partial charge in [0, 0.05) is 27.8 Å². The molecule has 0 aliphatic carbocycles. The summed E-state index contributed by atoms with van der Waals surface area (Å²) < 4.78 is 46.6. The van der Waals surface area contributed by atoms with Gasteiger partial charge in [0.25, 0.3) is 0 Å². The fraction of sp³-hybridized carbons (Fsp3) is 0.429. The quantitative estimate of drug-likeness (QED) is 0.845. The molecule has 20 heavy (non-hydrogen) atoms. The van der Waals surface area contributed by atoms with Crippen molar-refractivity contribution in [3.8, 4) is 0 Å². The summed E-state index contributed by atoms with van der Waals surface area (Å²) in [6.45, 7) is -1.83. The Hall–Kier alpha value is -1.37. The van der Waals surface area contributed by atoms with Crippen molar-refractivity contribution in [3.63, 3.8) is 0 Å². The maximum Gasteiger partial charge on any atom is 0.215 e. The normalized spacial score (nSPS) is 15.2. The fourth-order valence-corrected chi connectivity index (χ4v) is 2.81. The first kappa shape index (κ1) is 11.3. The first-order valence-corrected chi connectivity index (χ1v) is 7.96. The molecule has 0 aliphatic rings. The molecule has 5 nitrogen and oxygen atoms in total. The van der Waals surface area contributed by atoms with Crippen molar-refractivity contribution in [1.82, 2.24) is 14.6 Å². The summed E-state index contributed by atoms with van der Waals surface area (Å²) in [5, 5.41) is 0.966. The Morgan fingerprint density at radius 1 is 1.40 bits per heavy atom. The molecule has 2 rings (SSSR count). The van der Waals surface area contributed by atoms with Gasteiger partial charge >= 0.3 is 0 Å². The van der Waals surface area contributed by atoms with Crippen LogP contribution in [0.3, 0.4) is 0 Å². The second-order valence-electron chi connectivity index (χ2n) is 5.11. The molecule has 0 radical (unpaired) electrons. The molecule has 0 amide bonds. The molecule has 2 N–H and O–H groups in total. The Labute approximate surface area is 124 Å². The van der Waals surface area contributed by atoms with Gasteiger partial charge in [-0.15, -0.1) is 0 Å². The van der Waals surface area contributed by atoms with Crippen LogP contribution in [0.4, 0.5) is 0 Å². The molecule has 6 heteroatoms. The van der Waals surface area contributed by atoms with Crippen LogP contribution in [0.2, 0.25) is 0 Å². The molecule has 2 aromatic rings. The van der Waals surface area contributed by atoms with E-state index < -0.39 is 17.0 Å². The average molecular weight is 298 g/mol. The number of fused-ring (bicyclic) bond motifs is 1. The minimum Gasteiger partial charge on any atom is -0.361 e. The van der Waals surface area contributed by atoms with Crippen LogP contribution in [-0.4, -0.2) is 45.9 Å². The van der Waals surface area contributed by atoms with Crippen LogP contribution in [0.15, 0.2) is 24.4 Å². The summed E-state index contributed by atoms with van der Waals surface area (Å²) >= 11 is 0. The first-order chi connectivity index (χ1) is 10.6. The third-order valence-corrected chi connectivity index (χ3v) is 4.20. The summed E-state index contributed by atoms with van der Waals surface area (Å²) in [6.07, 6.45) is 2.77. The van der Waals surface area contributed by atoms with Crippen molar-refractivity contribution < 1.29 is 12.5 Å². The van der Waals surface area contributed by atoms with E-state index in [9.17, 15) is 8.42 Å². The highest BCUT2D eigenvalue weighted by Gasteiger charge is 2.11. The lowest BCUT2D eigenvalue weighted by Gasteiger charge is -2.08. The van der Waals surface area contributed by atoms with Crippen LogP contribution in [0.1, 0.15) is 15.2 Å². The van der Waals surface area contributed by atoms with Gasteiger partial charge in [-0.3, -0.25) is 0 Å². The van der Waals surface area contributed by atoms with Crippen LogP contribution in [0, 0.1) is 0 Å². The first-order valence-electron chi connectivity index (χ1n) is 7.81. The largest absolute Gasteiger partial charge is 0.361 e. The Balaban J connectivity index is 2.24. The van der Waals surface area contributed by atoms with Gasteiger partial charge in [0.2, 0.25) is 10.0 Å². The van der Waals surface area contributed by atoms with E-state index in [0.29, 0.717) is 5.56 Å². The van der Waals surface area contributed by atoms with E-state index in [2.05, 4.69) is 9.88 Å².